The second-order valence-corrected chi connectivity index (χ2v) is 4.61. The maximum atomic E-state index is 11.3. The maximum Gasteiger partial charge on any atom is 0.334 e. The second kappa shape index (κ2) is 6.44. The normalized spacial score (nSPS) is 25.3. The molecule has 1 saturated carbocycles. The molecule has 0 aromatic heterocycles. The molecule has 0 heterocycles. The van der Waals surface area contributed by atoms with Crippen LogP contribution in [0.2, 0.25) is 0 Å². The van der Waals surface area contributed by atoms with Crippen LogP contribution in [0.25, 0.3) is 0 Å². The van der Waals surface area contributed by atoms with Crippen molar-refractivity contribution in [2.45, 2.75) is 32.3 Å². The maximum absolute atomic E-state index is 11.3. The zero-order valence-electron chi connectivity index (χ0n) is 9.98. The van der Waals surface area contributed by atoms with Crippen LogP contribution in [0.4, 0.5) is 4.79 Å². The average Bonchev–Trinajstić information content (AvgIpc) is 2.68. The minimum Gasteiger partial charge on any atom is -0.479 e. The third-order valence-electron chi connectivity index (χ3n) is 3.30. The van der Waals surface area contributed by atoms with E-state index in [9.17, 15) is 9.59 Å². The fourth-order valence-electron chi connectivity index (χ4n) is 2.09. The van der Waals surface area contributed by atoms with Gasteiger partial charge in [-0.05, 0) is 18.3 Å². The number of hydrogen-bond donors (Lipinski definition) is 4. The zero-order chi connectivity index (χ0) is 12.8. The van der Waals surface area contributed by atoms with Crippen LogP contribution in [0.1, 0.15) is 26.2 Å². The van der Waals surface area contributed by atoms with E-state index in [1.54, 1.807) is 0 Å². The Kier molecular flexibility index (Phi) is 5.21. The van der Waals surface area contributed by atoms with E-state index in [2.05, 4.69) is 17.6 Å². The van der Waals surface area contributed by atoms with Crippen molar-refractivity contribution < 1.29 is 19.8 Å². The molecule has 0 bridgehead atoms. The van der Waals surface area contributed by atoms with E-state index in [4.69, 9.17) is 10.2 Å². The summed E-state index contributed by atoms with van der Waals surface area (Å²) in [5, 5.41) is 22.4. The fraction of sp³-hybridized carbons (Fsp3) is 0.818. The summed E-state index contributed by atoms with van der Waals surface area (Å²) in [4.78, 5) is 21.6. The van der Waals surface area contributed by atoms with Gasteiger partial charge in [0.1, 0.15) is 0 Å². The van der Waals surface area contributed by atoms with Crippen molar-refractivity contribution in [1.82, 2.24) is 10.6 Å². The first-order valence-corrected chi connectivity index (χ1v) is 5.93. The molecule has 0 saturated heterocycles. The van der Waals surface area contributed by atoms with E-state index in [1.165, 1.54) is 12.8 Å². The number of carboxylic acids is 1. The van der Waals surface area contributed by atoms with Crippen molar-refractivity contribution in [2.75, 3.05) is 13.1 Å². The van der Waals surface area contributed by atoms with Crippen molar-refractivity contribution in [3.8, 4) is 0 Å². The lowest BCUT2D eigenvalue weighted by Crippen LogP contribution is -2.43. The van der Waals surface area contributed by atoms with Gasteiger partial charge in [-0.15, -0.1) is 0 Å². The molecular weight excluding hydrogens is 224 g/mol. The smallest absolute Gasteiger partial charge is 0.334 e. The molecule has 17 heavy (non-hydrogen) atoms. The Bertz CT molecular complexity index is 283. The standard InChI is InChI=1S/C11H20N2O4/c1-7-3-2-4-8(7)5-12-11(17)13-6-9(14)10(15)16/h7-9,14H,2-6H2,1H3,(H,15,16)(H2,12,13,17)/t7?,8?,9-/m0/s1. The first-order chi connectivity index (χ1) is 8.00. The van der Waals surface area contributed by atoms with Gasteiger partial charge in [-0.25, -0.2) is 9.59 Å². The predicted molar refractivity (Wildman–Crippen MR) is 61.5 cm³/mol. The highest BCUT2D eigenvalue weighted by Crippen LogP contribution is 2.30. The van der Waals surface area contributed by atoms with Crippen LogP contribution in [0.3, 0.4) is 0 Å². The van der Waals surface area contributed by atoms with Crippen molar-refractivity contribution in [2.24, 2.45) is 11.8 Å². The topological polar surface area (TPSA) is 98.7 Å². The molecule has 3 atom stereocenters. The van der Waals surface area contributed by atoms with Crippen molar-refractivity contribution >= 4 is 12.0 Å². The summed E-state index contributed by atoms with van der Waals surface area (Å²) in [5.74, 6) is -0.209. The van der Waals surface area contributed by atoms with Crippen LogP contribution < -0.4 is 10.6 Å². The number of carbonyl (C=O) groups is 2. The highest BCUT2D eigenvalue weighted by Gasteiger charge is 2.23. The summed E-state index contributed by atoms with van der Waals surface area (Å²) < 4.78 is 0. The van der Waals surface area contributed by atoms with Crippen molar-refractivity contribution in [3.63, 3.8) is 0 Å². The molecule has 0 spiro atoms. The third-order valence-corrected chi connectivity index (χ3v) is 3.30. The summed E-state index contributed by atoms with van der Waals surface area (Å²) in [7, 11) is 0. The predicted octanol–water partition coefficient (Wildman–Crippen LogP) is 0.167. The molecule has 0 aromatic carbocycles. The van der Waals surface area contributed by atoms with Crippen LogP contribution in [0.5, 0.6) is 0 Å². The molecule has 1 fully saturated rings. The number of rotatable bonds is 5. The molecule has 6 nitrogen and oxygen atoms in total. The zero-order valence-corrected chi connectivity index (χ0v) is 9.98. The van der Waals surface area contributed by atoms with E-state index in [0.717, 1.165) is 6.42 Å². The number of aliphatic hydroxyl groups excluding tert-OH is 1. The molecule has 0 radical (unpaired) electrons. The van der Waals surface area contributed by atoms with Crippen LogP contribution >= 0.6 is 0 Å². The number of aliphatic hydroxyl groups is 1. The molecule has 1 rings (SSSR count). The van der Waals surface area contributed by atoms with Gasteiger partial charge in [0.2, 0.25) is 0 Å². The van der Waals surface area contributed by atoms with Crippen molar-refractivity contribution in [1.29, 1.82) is 0 Å². The van der Waals surface area contributed by atoms with Gasteiger partial charge in [-0.3, -0.25) is 0 Å². The Morgan fingerprint density at radius 2 is 2.06 bits per heavy atom. The Balaban J connectivity index is 2.15. The lowest BCUT2D eigenvalue weighted by atomic mass is 9.98. The molecule has 1 aliphatic carbocycles. The largest absolute Gasteiger partial charge is 0.479 e. The molecule has 1 aliphatic rings. The molecule has 2 unspecified atom stereocenters. The highest BCUT2D eigenvalue weighted by atomic mass is 16.4. The van der Waals surface area contributed by atoms with Crippen LogP contribution in [0, 0.1) is 11.8 Å². The minimum atomic E-state index is -1.55. The Morgan fingerprint density at radius 1 is 1.35 bits per heavy atom. The highest BCUT2D eigenvalue weighted by molar-refractivity contribution is 5.76. The van der Waals surface area contributed by atoms with Gasteiger partial charge in [0.15, 0.2) is 6.10 Å². The Labute approximate surface area is 100 Å². The lowest BCUT2D eigenvalue weighted by Gasteiger charge is -2.16. The van der Waals surface area contributed by atoms with Crippen LogP contribution in [-0.2, 0) is 4.79 Å². The summed E-state index contributed by atoms with van der Waals surface area (Å²) in [6, 6.07) is -0.426. The molecule has 0 aliphatic heterocycles. The van der Waals surface area contributed by atoms with E-state index < -0.39 is 18.1 Å². The number of carboxylic acid groups (broad SMARTS) is 1. The number of hydrogen-bond acceptors (Lipinski definition) is 3. The quantitative estimate of drug-likeness (QED) is 0.554. The number of carbonyl (C=O) groups excluding carboxylic acids is 1. The van der Waals surface area contributed by atoms with Gasteiger partial charge in [0, 0.05) is 6.54 Å². The van der Waals surface area contributed by atoms with Crippen LogP contribution in [-0.4, -0.2) is 41.4 Å². The molecule has 2 amide bonds. The summed E-state index contributed by atoms with van der Waals surface area (Å²) >= 11 is 0. The first kappa shape index (κ1) is 13.8. The van der Waals surface area contributed by atoms with Gasteiger partial charge >= 0.3 is 12.0 Å². The average molecular weight is 244 g/mol. The van der Waals surface area contributed by atoms with Crippen LogP contribution in [0.15, 0.2) is 0 Å². The molecule has 0 aromatic rings. The van der Waals surface area contributed by atoms with Crippen molar-refractivity contribution in [3.05, 3.63) is 0 Å². The number of urea groups is 1. The Morgan fingerprint density at radius 3 is 2.59 bits per heavy atom. The van der Waals surface area contributed by atoms with Gasteiger partial charge < -0.3 is 20.8 Å². The van der Waals surface area contributed by atoms with E-state index in [1.807, 2.05) is 0 Å². The number of nitrogens with one attached hydrogen (secondary N) is 2. The monoisotopic (exact) mass is 244 g/mol. The lowest BCUT2D eigenvalue weighted by molar-refractivity contribution is -0.146. The number of amides is 2. The molecular formula is C11H20N2O4. The van der Waals surface area contributed by atoms with E-state index in [0.29, 0.717) is 18.4 Å². The summed E-state index contributed by atoms with van der Waals surface area (Å²) in [6.07, 6.45) is 1.98. The first-order valence-electron chi connectivity index (χ1n) is 5.93. The van der Waals surface area contributed by atoms with Gasteiger partial charge in [-0.2, -0.15) is 0 Å². The van der Waals surface area contributed by atoms with Gasteiger partial charge in [-0.1, -0.05) is 19.8 Å². The minimum absolute atomic E-state index is 0.276. The van der Waals surface area contributed by atoms with Gasteiger partial charge in [0.25, 0.3) is 0 Å². The Hall–Kier alpha value is -1.30. The molecule has 6 heteroatoms. The summed E-state index contributed by atoms with van der Waals surface area (Å²) in [6.45, 7) is 2.50. The van der Waals surface area contributed by atoms with Gasteiger partial charge in [0.05, 0.1) is 6.54 Å². The fourth-order valence-corrected chi connectivity index (χ4v) is 2.09. The van der Waals surface area contributed by atoms with E-state index in [-0.39, 0.29) is 6.54 Å². The SMILES string of the molecule is CC1CCCC1CNC(=O)NC[C@H](O)C(=O)O. The molecule has 4 N–H and O–H groups in total. The second-order valence-electron chi connectivity index (χ2n) is 4.61. The third kappa shape index (κ3) is 4.60. The van der Waals surface area contributed by atoms with E-state index >= 15 is 0 Å². The summed E-state index contributed by atoms with van der Waals surface area (Å²) in [5.41, 5.74) is 0. The number of aliphatic carboxylic acids is 1. The molecule has 98 valence electrons.